The van der Waals surface area contributed by atoms with E-state index in [1.807, 2.05) is 11.8 Å². The van der Waals surface area contributed by atoms with Gasteiger partial charge in [0.1, 0.15) is 6.10 Å². The standard InChI is InChI=1S/C14H26N2O3/c1-12(14(17)16-6-9-18-10-7-16)19-8-4-13-3-2-5-15-11-13/h12-13,15H,2-11H2,1H3. The lowest BCUT2D eigenvalue weighted by Gasteiger charge is -2.29. The Morgan fingerprint density at radius 1 is 1.47 bits per heavy atom. The van der Waals surface area contributed by atoms with Gasteiger partial charge in [-0.3, -0.25) is 4.79 Å². The van der Waals surface area contributed by atoms with Gasteiger partial charge in [0, 0.05) is 19.7 Å². The quantitative estimate of drug-likeness (QED) is 0.796. The first-order valence-electron chi connectivity index (χ1n) is 7.46. The monoisotopic (exact) mass is 270 g/mol. The number of amides is 1. The van der Waals surface area contributed by atoms with Crippen molar-refractivity contribution in [1.29, 1.82) is 0 Å². The molecule has 0 radical (unpaired) electrons. The fraction of sp³-hybridized carbons (Fsp3) is 0.929. The zero-order valence-electron chi connectivity index (χ0n) is 11.9. The van der Waals surface area contributed by atoms with Gasteiger partial charge in [-0.2, -0.15) is 0 Å². The van der Waals surface area contributed by atoms with E-state index >= 15 is 0 Å². The lowest BCUT2D eigenvalue weighted by molar-refractivity contribution is -0.146. The van der Waals surface area contributed by atoms with E-state index in [2.05, 4.69) is 5.32 Å². The predicted octanol–water partition coefficient (Wildman–Crippen LogP) is 0.640. The van der Waals surface area contributed by atoms with Crippen molar-refractivity contribution in [3.63, 3.8) is 0 Å². The number of carbonyl (C=O) groups is 1. The number of ether oxygens (including phenoxy) is 2. The second-order valence-electron chi connectivity index (χ2n) is 5.45. The molecular weight excluding hydrogens is 244 g/mol. The summed E-state index contributed by atoms with van der Waals surface area (Å²) in [5.74, 6) is 0.810. The van der Waals surface area contributed by atoms with E-state index in [-0.39, 0.29) is 12.0 Å². The van der Waals surface area contributed by atoms with Crippen LogP contribution in [0.5, 0.6) is 0 Å². The molecule has 2 fully saturated rings. The van der Waals surface area contributed by atoms with Crippen LogP contribution in [0.15, 0.2) is 0 Å². The highest BCUT2D eigenvalue weighted by Crippen LogP contribution is 2.14. The van der Waals surface area contributed by atoms with Crippen LogP contribution in [0.1, 0.15) is 26.2 Å². The van der Waals surface area contributed by atoms with E-state index in [0.29, 0.717) is 38.8 Å². The first-order valence-corrected chi connectivity index (χ1v) is 7.46. The van der Waals surface area contributed by atoms with Gasteiger partial charge in [0.15, 0.2) is 0 Å². The van der Waals surface area contributed by atoms with Crippen molar-refractivity contribution in [3.05, 3.63) is 0 Å². The Kier molecular flexibility index (Phi) is 6.07. The van der Waals surface area contributed by atoms with Gasteiger partial charge >= 0.3 is 0 Å². The summed E-state index contributed by atoms with van der Waals surface area (Å²) >= 11 is 0. The summed E-state index contributed by atoms with van der Waals surface area (Å²) < 4.78 is 10.9. The van der Waals surface area contributed by atoms with E-state index in [4.69, 9.17) is 9.47 Å². The van der Waals surface area contributed by atoms with Crippen LogP contribution in [0.2, 0.25) is 0 Å². The highest BCUT2D eigenvalue weighted by Gasteiger charge is 2.23. The molecule has 1 amide bonds. The van der Waals surface area contributed by atoms with Crippen LogP contribution in [0, 0.1) is 5.92 Å². The number of hydrogen-bond acceptors (Lipinski definition) is 4. The minimum atomic E-state index is -0.324. The minimum absolute atomic E-state index is 0.102. The van der Waals surface area contributed by atoms with Crippen molar-refractivity contribution in [2.45, 2.75) is 32.3 Å². The lowest BCUT2D eigenvalue weighted by Crippen LogP contribution is -2.45. The fourth-order valence-corrected chi connectivity index (χ4v) is 2.69. The maximum Gasteiger partial charge on any atom is 0.251 e. The van der Waals surface area contributed by atoms with Crippen LogP contribution in [0.25, 0.3) is 0 Å². The lowest BCUT2D eigenvalue weighted by atomic mass is 9.97. The topological polar surface area (TPSA) is 50.8 Å². The summed E-state index contributed by atoms with van der Waals surface area (Å²) in [7, 11) is 0. The Hall–Kier alpha value is -0.650. The van der Waals surface area contributed by atoms with Crippen LogP contribution in [0.4, 0.5) is 0 Å². The Labute approximate surface area is 115 Å². The number of morpholine rings is 1. The zero-order chi connectivity index (χ0) is 13.5. The summed E-state index contributed by atoms with van der Waals surface area (Å²) in [5.41, 5.74) is 0. The SMILES string of the molecule is CC(OCCC1CCCNC1)C(=O)N1CCOCC1. The van der Waals surface area contributed by atoms with Gasteiger partial charge in [0.25, 0.3) is 5.91 Å². The van der Waals surface area contributed by atoms with E-state index in [9.17, 15) is 4.79 Å². The number of rotatable bonds is 5. The Bertz CT molecular complexity index is 274. The number of nitrogens with one attached hydrogen (secondary N) is 1. The molecule has 0 aliphatic carbocycles. The third-order valence-corrected chi connectivity index (χ3v) is 3.96. The summed E-state index contributed by atoms with van der Waals surface area (Å²) in [6.45, 7) is 7.45. The maximum absolute atomic E-state index is 12.1. The molecule has 0 saturated carbocycles. The predicted molar refractivity (Wildman–Crippen MR) is 73.0 cm³/mol. The molecule has 0 aromatic carbocycles. The molecule has 2 aliphatic heterocycles. The summed E-state index contributed by atoms with van der Waals surface area (Å²) in [4.78, 5) is 14.0. The second-order valence-corrected chi connectivity index (χ2v) is 5.45. The highest BCUT2D eigenvalue weighted by molar-refractivity contribution is 5.80. The Morgan fingerprint density at radius 3 is 2.95 bits per heavy atom. The van der Waals surface area contributed by atoms with Crippen LogP contribution < -0.4 is 5.32 Å². The van der Waals surface area contributed by atoms with Crippen LogP contribution in [-0.2, 0) is 14.3 Å². The molecule has 0 spiro atoms. The molecule has 2 aliphatic rings. The fourth-order valence-electron chi connectivity index (χ4n) is 2.69. The smallest absolute Gasteiger partial charge is 0.251 e. The molecule has 2 atom stereocenters. The summed E-state index contributed by atoms with van der Waals surface area (Å²) in [6.07, 6.45) is 3.26. The first kappa shape index (κ1) is 14.8. The Morgan fingerprint density at radius 2 is 2.26 bits per heavy atom. The van der Waals surface area contributed by atoms with E-state index in [0.717, 1.165) is 19.5 Å². The third-order valence-electron chi connectivity index (χ3n) is 3.96. The maximum atomic E-state index is 12.1. The van der Waals surface area contributed by atoms with Gasteiger partial charge in [-0.15, -0.1) is 0 Å². The number of piperidine rings is 1. The largest absolute Gasteiger partial charge is 0.378 e. The van der Waals surface area contributed by atoms with Crippen molar-refractivity contribution in [3.8, 4) is 0 Å². The molecule has 2 rings (SSSR count). The van der Waals surface area contributed by atoms with Crippen LogP contribution in [-0.4, -0.2) is 62.9 Å². The molecule has 5 nitrogen and oxygen atoms in total. The average Bonchev–Trinajstić information content (AvgIpc) is 2.48. The summed E-state index contributed by atoms with van der Waals surface area (Å²) in [5, 5.41) is 3.40. The zero-order valence-corrected chi connectivity index (χ0v) is 11.9. The molecule has 2 unspecified atom stereocenters. The number of nitrogens with zero attached hydrogens (tertiary/aromatic N) is 1. The normalized spacial score (nSPS) is 26.2. The van der Waals surface area contributed by atoms with E-state index in [1.165, 1.54) is 12.8 Å². The number of carbonyl (C=O) groups excluding carboxylic acids is 1. The molecule has 19 heavy (non-hydrogen) atoms. The van der Waals surface area contributed by atoms with Crippen molar-refractivity contribution in [1.82, 2.24) is 10.2 Å². The molecule has 0 aromatic heterocycles. The molecule has 110 valence electrons. The average molecular weight is 270 g/mol. The molecule has 5 heteroatoms. The van der Waals surface area contributed by atoms with Crippen LogP contribution >= 0.6 is 0 Å². The number of hydrogen-bond donors (Lipinski definition) is 1. The van der Waals surface area contributed by atoms with Gasteiger partial charge < -0.3 is 19.7 Å². The van der Waals surface area contributed by atoms with E-state index < -0.39 is 0 Å². The first-order chi connectivity index (χ1) is 9.27. The highest BCUT2D eigenvalue weighted by atomic mass is 16.5. The molecule has 1 N–H and O–H groups in total. The van der Waals surface area contributed by atoms with Crippen molar-refractivity contribution >= 4 is 5.91 Å². The molecule has 2 saturated heterocycles. The van der Waals surface area contributed by atoms with E-state index in [1.54, 1.807) is 0 Å². The second kappa shape index (κ2) is 7.82. The van der Waals surface area contributed by atoms with Crippen molar-refractivity contribution < 1.29 is 14.3 Å². The van der Waals surface area contributed by atoms with Gasteiger partial charge in [-0.25, -0.2) is 0 Å². The molecule has 2 heterocycles. The van der Waals surface area contributed by atoms with Gasteiger partial charge in [0.05, 0.1) is 13.2 Å². The van der Waals surface area contributed by atoms with Gasteiger partial charge in [-0.1, -0.05) is 0 Å². The minimum Gasteiger partial charge on any atom is -0.378 e. The molecule has 0 bridgehead atoms. The van der Waals surface area contributed by atoms with Crippen molar-refractivity contribution in [2.75, 3.05) is 46.0 Å². The Balaban J connectivity index is 1.62. The molecule has 0 aromatic rings. The van der Waals surface area contributed by atoms with Crippen molar-refractivity contribution in [2.24, 2.45) is 5.92 Å². The third kappa shape index (κ3) is 4.75. The van der Waals surface area contributed by atoms with Crippen LogP contribution in [0.3, 0.4) is 0 Å². The van der Waals surface area contributed by atoms with Gasteiger partial charge in [-0.05, 0) is 45.2 Å². The van der Waals surface area contributed by atoms with Gasteiger partial charge in [0.2, 0.25) is 0 Å². The summed E-state index contributed by atoms with van der Waals surface area (Å²) in [6, 6.07) is 0. The molecular formula is C14H26N2O3.